The molecule has 1 aliphatic heterocycles. The highest BCUT2D eigenvalue weighted by atomic mass is 16.5. The van der Waals surface area contributed by atoms with E-state index in [4.69, 9.17) is 4.74 Å². The largest absolute Gasteiger partial charge is 0.481 e. The zero-order valence-electron chi connectivity index (χ0n) is 24.2. The van der Waals surface area contributed by atoms with Gasteiger partial charge in [0, 0.05) is 31.5 Å². The van der Waals surface area contributed by atoms with Crippen LogP contribution in [0.3, 0.4) is 0 Å². The first-order valence-electron chi connectivity index (χ1n) is 15.2. The normalized spacial score (nSPS) is 15.9. The monoisotopic (exact) mass is 569 g/mol. The highest BCUT2D eigenvalue weighted by Crippen LogP contribution is 2.46. The Morgan fingerprint density at radius 2 is 1.42 bits per heavy atom. The lowest BCUT2D eigenvalue weighted by Crippen LogP contribution is -2.44. The van der Waals surface area contributed by atoms with Crippen molar-refractivity contribution < 1.29 is 9.53 Å². The number of rotatable bonds is 8. The van der Waals surface area contributed by atoms with Gasteiger partial charge in [-0.25, -0.2) is 0 Å². The van der Waals surface area contributed by atoms with Crippen molar-refractivity contribution in [1.82, 2.24) is 14.5 Å². The molecule has 1 amide bonds. The predicted molar refractivity (Wildman–Crippen MR) is 168 cm³/mol. The van der Waals surface area contributed by atoms with Gasteiger partial charge in [-0.1, -0.05) is 116 Å². The molecule has 0 spiro atoms. The number of carbonyl (C=O) groups excluding carboxylic acids is 1. The van der Waals surface area contributed by atoms with Gasteiger partial charge in [0.05, 0.1) is 0 Å². The third-order valence-electron chi connectivity index (χ3n) is 9.17. The van der Waals surface area contributed by atoms with Crippen molar-refractivity contribution in [2.45, 2.75) is 57.2 Å². The minimum Gasteiger partial charge on any atom is -0.481 e. The molecule has 0 saturated heterocycles. The Morgan fingerprint density at radius 3 is 2.19 bits per heavy atom. The van der Waals surface area contributed by atoms with E-state index in [0.717, 1.165) is 36.8 Å². The second-order valence-corrected chi connectivity index (χ2v) is 11.8. The summed E-state index contributed by atoms with van der Waals surface area (Å²) in [5, 5.41) is 2.47. The van der Waals surface area contributed by atoms with E-state index in [1.807, 2.05) is 70.1 Å². The number of benzene rings is 4. The lowest BCUT2D eigenvalue weighted by atomic mass is 9.74. The molecule has 1 aliphatic carbocycles. The van der Waals surface area contributed by atoms with Gasteiger partial charge in [-0.05, 0) is 40.3 Å². The Hall–Kier alpha value is -4.71. The van der Waals surface area contributed by atoms with Crippen molar-refractivity contribution >= 4 is 16.7 Å². The van der Waals surface area contributed by atoms with E-state index in [9.17, 15) is 9.59 Å². The number of aromatic nitrogens is 2. The first-order valence-corrected chi connectivity index (χ1v) is 15.2. The molecule has 5 aromatic rings. The summed E-state index contributed by atoms with van der Waals surface area (Å²) in [6.07, 6.45) is 4.90. The van der Waals surface area contributed by atoms with Gasteiger partial charge in [0.2, 0.25) is 5.75 Å². The molecule has 1 aromatic heterocycles. The average Bonchev–Trinajstić information content (AvgIpc) is 3.52. The van der Waals surface area contributed by atoms with Crippen molar-refractivity contribution in [3.05, 3.63) is 142 Å². The van der Waals surface area contributed by atoms with Gasteiger partial charge >= 0.3 is 5.56 Å². The highest BCUT2D eigenvalue weighted by Gasteiger charge is 2.40. The summed E-state index contributed by atoms with van der Waals surface area (Å²) in [5.74, 6) is 0.528. The van der Waals surface area contributed by atoms with E-state index < -0.39 is 5.56 Å². The van der Waals surface area contributed by atoms with Gasteiger partial charge in [0.1, 0.15) is 12.4 Å². The molecule has 7 rings (SSSR count). The first-order chi connectivity index (χ1) is 21.1. The van der Waals surface area contributed by atoms with Gasteiger partial charge in [0.25, 0.3) is 5.91 Å². The molecular weight excluding hydrogens is 534 g/mol. The number of carbonyl (C=O) groups is 1. The maximum Gasteiger partial charge on any atom is 0.316 e. The standard InChI is InChI=1S/C37H35N3O3/c41-35-34(43-26-28-14-5-2-6-15-28)33-36(42)39(25-27-12-3-1-4-13-27)22-23-40(33)32(38-35)24-37(20-9-10-21-37)31-19-11-17-29-16-7-8-18-30(29)31/h1-8,11-19H,9-10,20-26H2. The average molecular weight is 570 g/mol. The lowest BCUT2D eigenvalue weighted by molar-refractivity contribution is 0.0675. The molecular formula is C37H35N3O3. The second kappa shape index (κ2) is 11.5. The highest BCUT2D eigenvalue weighted by molar-refractivity contribution is 5.96. The number of amides is 1. The Labute approximate surface area is 251 Å². The number of ether oxygens (including phenoxy) is 1. The molecule has 0 N–H and O–H groups in total. The smallest absolute Gasteiger partial charge is 0.316 e. The van der Waals surface area contributed by atoms with E-state index in [0.29, 0.717) is 37.6 Å². The van der Waals surface area contributed by atoms with Crippen LogP contribution in [0.15, 0.2) is 108 Å². The minimum atomic E-state index is -0.474. The van der Waals surface area contributed by atoms with Crippen LogP contribution in [0.25, 0.3) is 10.8 Å². The summed E-state index contributed by atoms with van der Waals surface area (Å²) in [5.41, 5.74) is 2.97. The predicted octanol–water partition coefficient (Wildman–Crippen LogP) is 6.69. The van der Waals surface area contributed by atoms with Crippen LogP contribution in [0.4, 0.5) is 0 Å². The van der Waals surface area contributed by atoms with Crippen molar-refractivity contribution in [3.63, 3.8) is 0 Å². The van der Waals surface area contributed by atoms with Crippen LogP contribution in [0.5, 0.6) is 5.75 Å². The molecule has 1 fully saturated rings. The number of hydrogen-bond donors (Lipinski definition) is 0. The van der Waals surface area contributed by atoms with E-state index in [-0.39, 0.29) is 23.7 Å². The summed E-state index contributed by atoms with van der Waals surface area (Å²) < 4.78 is 8.12. The molecule has 6 nitrogen and oxygen atoms in total. The van der Waals surface area contributed by atoms with E-state index in [2.05, 4.69) is 47.4 Å². The van der Waals surface area contributed by atoms with Crippen molar-refractivity contribution in [2.75, 3.05) is 6.54 Å². The van der Waals surface area contributed by atoms with E-state index in [1.54, 1.807) is 0 Å². The summed E-state index contributed by atoms with van der Waals surface area (Å²) in [6, 6.07) is 34.7. The van der Waals surface area contributed by atoms with Crippen molar-refractivity contribution in [1.29, 1.82) is 0 Å². The molecule has 2 aliphatic rings. The maximum absolute atomic E-state index is 14.2. The van der Waals surface area contributed by atoms with Crippen LogP contribution in [0.1, 0.15) is 58.7 Å². The zero-order valence-corrected chi connectivity index (χ0v) is 24.2. The molecule has 4 aromatic carbocycles. The summed E-state index contributed by atoms with van der Waals surface area (Å²) in [7, 11) is 0. The fourth-order valence-corrected chi connectivity index (χ4v) is 7.04. The maximum atomic E-state index is 14.2. The molecule has 216 valence electrons. The SMILES string of the molecule is O=C1c2c(OCc3ccccc3)c(=O)nc(CC3(c4cccc5ccccc45)CCCC3)n2CCN1Cc1ccccc1. The van der Waals surface area contributed by atoms with Gasteiger partial charge < -0.3 is 14.2 Å². The summed E-state index contributed by atoms with van der Waals surface area (Å²) in [6.45, 7) is 1.76. The Kier molecular flexibility index (Phi) is 7.27. The van der Waals surface area contributed by atoms with E-state index in [1.165, 1.54) is 16.3 Å². The molecule has 2 heterocycles. The van der Waals surface area contributed by atoms with Gasteiger partial charge in [-0.15, -0.1) is 0 Å². The Morgan fingerprint density at radius 1 is 0.744 bits per heavy atom. The van der Waals surface area contributed by atoms with Gasteiger partial charge in [0.15, 0.2) is 5.69 Å². The Balaban J connectivity index is 1.31. The molecule has 0 radical (unpaired) electrons. The Bertz CT molecular complexity index is 1820. The first kappa shape index (κ1) is 27.1. The molecule has 43 heavy (non-hydrogen) atoms. The van der Waals surface area contributed by atoms with Gasteiger partial charge in [-0.2, -0.15) is 4.98 Å². The molecule has 0 bridgehead atoms. The van der Waals surface area contributed by atoms with Crippen LogP contribution >= 0.6 is 0 Å². The van der Waals surface area contributed by atoms with Crippen molar-refractivity contribution in [3.8, 4) is 5.75 Å². The van der Waals surface area contributed by atoms with Crippen LogP contribution in [-0.4, -0.2) is 26.9 Å². The topological polar surface area (TPSA) is 64.4 Å². The lowest BCUT2D eigenvalue weighted by Gasteiger charge is -2.35. The third-order valence-corrected chi connectivity index (χ3v) is 9.17. The van der Waals surface area contributed by atoms with Crippen LogP contribution in [0.2, 0.25) is 0 Å². The minimum absolute atomic E-state index is 0.0426. The summed E-state index contributed by atoms with van der Waals surface area (Å²) in [4.78, 5) is 34.4. The zero-order chi connectivity index (χ0) is 29.2. The van der Waals surface area contributed by atoms with Crippen LogP contribution < -0.4 is 10.3 Å². The summed E-state index contributed by atoms with van der Waals surface area (Å²) >= 11 is 0. The molecule has 0 unspecified atom stereocenters. The fourth-order valence-electron chi connectivity index (χ4n) is 7.04. The quantitative estimate of drug-likeness (QED) is 0.209. The van der Waals surface area contributed by atoms with Crippen molar-refractivity contribution in [2.24, 2.45) is 0 Å². The molecule has 6 heteroatoms. The number of fused-ring (bicyclic) bond motifs is 2. The molecule has 0 atom stereocenters. The second-order valence-electron chi connectivity index (χ2n) is 11.8. The number of nitrogens with zero attached hydrogens (tertiary/aromatic N) is 3. The third kappa shape index (κ3) is 5.22. The number of hydrogen-bond acceptors (Lipinski definition) is 4. The molecule has 1 saturated carbocycles. The fraction of sp³-hybridized carbons (Fsp3) is 0.270. The van der Waals surface area contributed by atoms with Gasteiger partial charge in [-0.3, -0.25) is 9.59 Å². The van der Waals surface area contributed by atoms with Crippen LogP contribution in [-0.2, 0) is 31.5 Å². The van der Waals surface area contributed by atoms with Crippen LogP contribution in [0, 0.1) is 0 Å². The van der Waals surface area contributed by atoms with E-state index >= 15 is 0 Å².